The van der Waals surface area contributed by atoms with Crippen LogP contribution in [0.3, 0.4) is 0 Å². The standard InChI is InChI=1S/C20H20N4O4S/c25-17(13-24-20(27)28-19(22-24)16-7-4-12-29-16)23-10-8-15(9-11-23)21-18(26)14-5-2-1-3-6-14/h1-7,12,15H,8-11,13H2,(H,21,26). The van der Waals surface area contributed by atoms with Gasteiger partial charge in [0.1, 0.15) is 6.54 Å². The van der Waals surface area contributed by atoms with E-state index in [1.54, 1.807) is 23.1 Å². The highest BCUT2D eigenvalue weighted by Crippen LogP contribution is 2.21. The molecule has 0 spiro atoms. The molecule has 29 heavy (non-hydrogen) atoms. The van der Waals surface area contributed by atoms with Crippen molar-refractivity contribution in [1.82, 2.24) is 20.0 Å². The molecule has 1 aliphatic heterocycles. The number of carbonyl (C=O) groups is 2. The molecule has 1 N–H and O–H groups in total. The maximum absolute atomic E-state index is 12.6. The largest absolute Gasteiger partial charge is 0.437 e. The molecule has 1 aliphatic rings. The molecule has 0 atom stereocenters. The molecular formula is C20H20N4O4S. The predicted octanol–water partition coefficient (Wildman–Crippen LogP) is 1.99. The van der Waals surface area contributed by atoms with Crippen LogP contribution in [0.25, 0.3) is 10.8 Å². The van der Waals surface area contributed by atoms with Gasteiger partial charge < -0.3 is 14.6 Å². The van der Waals surface area contributed by atoms with Crippen molar-refractivity contribution in [2.75, 3.05) is 13.1 Å². The van der Waals surface area contributed by atoms with Gasteiger partial charge in [-0.3, -0.25) is 9.59 Å². The Labute approximate surface area is 170 Å². The highest BCUT2D eigenvalue weighted by Gasteiger charge is 2.25. The smallest absolute Gasteiger partial charge is 0.387 e. The number of thiophene rings is 1. The molecule has 3 aromatic rings. The quantitative estimate of drug-likeness (QED) is 0.691. The summed E-state index contributed by atoms with van der Waals surface area (Å²) >= 11 is 1.41. The van der Waals surface area contributed by atoms with Crippen LogP contribution in [0.5, 0.6) is 0 Å². The van der Waals surface area contributed by atoms with E-state index in [1.807, 2.05) is 29.6 Å². The van der Waals surface area contributed by atoms with Crippen LogP contribution >= 0.6 is 11.3 Å². The Balaban J connectivity index is 1.30. The van der Waals surface area contributed by atoms with Crippen molar-refractivity contribution in [2.24, 2.45) is 0 Å². The molecule has 4 rings (SSSR count). The summed E-state index contributed by atoms with van der Waals surface area (Å²) in [6.45, 7) is 0.876. The summed E-state index contributed by atoms with van der Waals surface area (Å²) in [4.78, 5) is 39.2. The minimum absolute atomic E-state index is 0.0203. The summed E-state index contributed by atoms with van der Waals surface area (Å²) < 4.78 is 6.19. The molecule has 0 unspecified atom stereocenters. The van der Waals surface area contributed by atoms with Gasteiger partial charge in [0.2, 0.25) is 5.91 Å². The minimum atomic E-state index is -0.647. The third kappa shape index (κ3) is 4.45. The fourth-order valence-electron chi connectivity index (χ4n) is 3.27. The number of hydrogen-bond acceptors (Lipinski definition) is 6. The lowest BCUT2D eigenvalue weighted by Crippen LogP contribution is -2.47. The number of likely N-dealkylation sites (tertiary alicyclic amines) is 1. The second kappa shape index (κ2) is 8.44. The van der Waals surface area contributed by atoms with E-state index >= 15 is 0 Å². The Morgan fingerprint density at radius 3 is 2.59 bits per heavy atom. The number of piperidine rings is 1. The average molecular weight is 412 g/mol. The van der Waals surface area contributed by atoms with Crippen LogP contribution in [0.1, 0.15) is 23.2 Å². The second-order valence-corrected chi connectivity index (χ2v) is 7.75. The summed E-state index contributed by atoms with van der Waals surface area (Å²) in [5.74, 6) is -0.719. The SMILES string of the molecule is O=C(NC1CCN(C(=O)Cn2nc(-c3cccs3)oc2=O)CC1)c1ccccc1. The topological polar surface area (TPSA) is 97.4 Å². The van der Waals surface area contributed by atoms with Crippen molar-refractivity contribution in [3.05, 3.63) is 64.0 Å². The minimum Gasteiger partial charge on any atom is -0.387 e. The molecule has 0 saturated carbocycles. The van der Waals surface area contributed by atoms with Crippen molar-refractivity contribution in [1.29, 1.82) is 0 Å². The zero-order chi connectivity index (χ0) is 20.2. The maximum atomic E-state index is 12.6. The van der Waals surface area contributed by atoms with Crippen LogP contribution in [0.4, 0.5) is 0 Å². The third-order valence-corrected chi connectivity index (χ3v) is 5.70. The molecule has 2 amide bonds. The van der Waals surface area contributed by atoms with Crippen LogP contribution in [0.15, 0.2) is 57.1 Å². The summed E-state index contributed by atoms with van der Waals surface area (Å²) in [5.41, 5.74) is 0.623. The molecule has 0 bridgehead atoms. The number of benzene rings is 1. The zero-order valence-electron chi connectivity index (χ0n) is 15.6. The first kappa shape index (κ1) is 19.1. The van der Waals surface area contributed by atoms with E-state index < -0.39 is 5.76 Å². The van der Waals surface area contributed by atoms with Gasteiger partial charge in [-0.05, 0) is 36.4 Å². The van der Waals surface area contributed by atoms with E-state index in [0.29, 0.717) is 31.5 Å². The number of amides is 2. The van der Waals surface area contributed by atoms with E-state index in [1.165, 1.54) is 11.3 Å². The number of aromatic nitrogens is 2. The maximum Gasteiger partial charge on any atom is 0.437 e. The lowest BCUT2D eigenvalue weighted by atomic mass is 10.0. The van der Waals surface area contributed by atoms with Gasteiger partial charge in [0, 0.05) is 24.7 Å². The predicted molar refractivity (Wildman–Crippen MR) is 108 cm³/mol. The molecule has 8 nitrogen and oxygen atoms in total. The zero-order valence-corrected chi connectivity index (χ0v) is 16.4. The first-order valence-corrected chi connectivity index (χ1v) is 10.2. The van der Waals surface area contributed by atoms with Crippen LogP contribution < -0.4 is 11.1 Å². The van der Waals surface area contributed by atoms with E-state index in [0.717, 1.165) is 9.56 Å². The molecule has 0 aliphatic carbocycles. The lowest BCUT2D eigenvalue weighted by Gasteiger charge is -2.32. The molecule has 1 aromatic carbocycles. The van der Waals surface area contributed by atoms with Crippen molar-refractivity contribution in [3.63, 3.8) is 0 Å². The summed E-state index contributed by atoms with van der Waals surface area (Å²) in [5, 5.41) is 8.99. The van der Waals surface area contributed by atoms with E-state index in [-0.39, 0.29) is 30.3 Å². The third-order valence-electron chi connectivity index (χ3n) is 4.84. The molecule has 3 heterocycles. The molecular weight excluding hydrogens is 392 g/mol. The highest BCUT2D eigenvalue weighted by molar-refractivity contribution is 7.13. The Hall–Kier alpha value is -3.20. The van der Waals surface area contributed by atoms with Gasteiger partial charge in [-0.25, -0.2) is 4.79 Å². The van der Waals surface area contributed by atoms with E-state index in [4.69, 9.17) is 4.42 Å². The highest BCUT2D eigenvalue weighted by atomic mass is 32.1. The summed E-state index contributed by atoms with van der Waals surface area (Å²) in [7, 11) is 0. The van der Waals surface area contributed by atoms with Gasteiger partial charge >= 0.3 is 5.76 Å². The number of hydrogen-bond donors (Lipinski definition) is 1. The van der Waals surface area contributed by atoms with Crippen LogP contribution in [-0.4, -0.2) is 45.6 Å². The van der Waals surface area contributed by atoms with E-state index in [9.17, 15) is 14.4 Å². The molecule has 150 valence electrons. The number of nitrogens with zero attached hydrogens (tertiary/aromatic N) is 3. The fraction of sp³-hybridized carbons (Fsp3) is 0.300. The van der Waals surface area contributed by atoms with Gasteiger partial charge in [-0.1, -0.05) is 24.3 Å². The summed E-state index contributed by atoms with van der Waals surface area (Å²) in [6, 6.07) is 12.7. The first-order valence-electron chi connectivity index (χ1n) is 9.35. The van der Waals surface area contributed by atoms with Gasteiger partial charge in [0.05, 0.1) is 4.88 Å². The average Bonchev–Trinajstić information content (AvgIpc) is 3.39. The molecule has 0 radical (unpaired) electrons. The number of nitrogens with one attached hydrogen (secondary N) is 1. The lowest BCUT2D eigenvalue weighted by molar-refractivity contribution is -0.133. The fourth-order valence-corrected chi connectivity index (χ4v) is 3.91. The Morgan fingerprint density at radius 2 is 1.90 bits per heavy atom. The van der Waals surface area contributed by atoms with Crippen LogP contribution in [0, 0.1) is 0 Å². The van der Waals surface area contributed by atoms with Crippen LogP contribution in [0.2, 0.25) is 0 Å². The number of carbonyl (C=O) groups excluding carboxylic acids is 2. The summed E-state index contributed by atoms with van der Waals surface area (Å²) in [6.07, 6.45) is 1.33. The van der Waals surface area contributed by atoms with Crippen molar-refractivity contribution in [2.45, 2.75) is 25.4 Å². The van der Waals surface area contributed by atoms with Gasteiger partial charge in [-0.15, -0.1) is 16.4 Å². The van der Waals surface area contributed by atoms with Gasteiger partial charge in [-0.2, -0.15) is 4.68 Å². The van der Waals surface area contributed by atoms with Crippen molar-refractivity contribution in [3.8, 4) is 10.8 Å². The normalized spacial score (nSPS) is 14.7. The first-order chi connectivity index (χ1) is 14.1. The number of rotatable bonds is 5. The molecule has 2 aromatic heterocycles. The Bertz CT molecular complexity index is 1030. The van der Waals surface area contributed by atoms with Crippen LogP contribution in [-0.2, 0) is 11.3 Å². The second-order valence-electron chi connectivity index (χ2n) is 6.80. The van der Waals surface area contributed by atoms with Gasteiger partial charge in [0.15, 0.2) is 0 Å². The molecule has 1 fully saturated rings. The van der Waals surface area contributed by atoms with Crippen molar-refractivity contribution >= 4 is 23.2 Å². The van der Waals surface area contributed by atoms with E-state index in [2.05, 4.69) is 10.4 Å². The Morgan fingerprint density at radius 1 is 1.14 bits per heavy atom. The molecule has 9 heteroatoms. The monoisotopic (exact) mass is 412 g/mol. The Kier molecular flexibility index (Phi) is 5.57. The van der Waals surface area contributed by atoms with Gasteiger partial charge in [0.25, 0.3) is 11.8 Å². The van der Waals surface area contributed by atoms with Crippen molar-refractivity contribution < 1.29 is 14.0 Å². The molecule has 1 saturated heterocycles.